The zero-order valence-electron chi connectivity index (χ0n) is 8.03. The van der Waals surface area contributed by atoms with Crippen molar-refractivity contribution in [2.45, 2.75) is 6.42 Å². The molecule has 0 saturated heterocycles. The van der Waals surface area contributed by atoms with Crippen LogP contribution >= 0.6 is 15.9 Å². The van der Waals surface area contributed by atoms with Crippen LogP contribution < -0.4 is 5.32 Å². The highest BCUT2D eigenvalue weighted by molar-refractivity contribution is 9.09. The van der Waals surface area contributed by atoms with E-state index in [0.29, 0.717) is 5.33 Å². The Morgan fingerprint density at radius 2 is 2.07 bits per heavy atom. The number of nitrogens with one attached hydrogen (secondary N) is 1. The van der Waals surface area contributed by atoms with Gasteiger partial charge >= 0.3 is 0 Å². The van der Waals surface area contributed by atoms with Crippen molar-refractivity contribution in [1.29, 1.82) is 0 Å². The molecule has 0 bridgehead atoms. The Bertz CT molecular complexity index is 323. The average Bonchev–Trinajstić information content (AvgIpc) is 2.17. The SMILES string of the molecule is C=C/C(NC(=O)CCBr)=C(\C=C)[N+](=O)[O-]. The molecule has 0 aromatic carbocycles. The number of halogens is 1. The second-order valence-electron chi connectivity index (χ2n) is 2.45. The van der Waals surface area contributed by atoms with Gasteiger partial charge in [0.25, 0.3) is 5.70 Å². The minimum absolute atomic E-state index is 0.0564. The van der Waals surface area contributed by atoms with Gasteiger partial charge < -0.3 is 5.32 Å². The summed E-state index contributed by atoms with van der Waals surface area (Å²) in [4.78, 5) is 21.1. The molecule has 0 aromatic heterocycles. The summed E-state index contributed by atoms with van der Waals surface area (Å²) in [5, 5.41) is 13.4. The fraction of sp³-hybridized carbons (Fsp3) is 0.222. The fourth-order valence-corrected chi connectivity index (χ4v) is 1.16. The first-order valence-electron chi connectivity index (χ1n) is 4.06. The van der Waals surface area contributed by atoms with Crippen LogP contribution in [-0.4, -0.2) is 16.2 Å². The van der Waals surface area contributed by atoms with Crippen LogP contribution in [0.3, 0.4) is 0 Å². The summed E-state index contributed by atoms with van der Waals surface area (Å²) in [6.45, 7) is 6.69. The summed E-state index contributed by atoms with van der Waals surface area (Å²) in [7, 11) is 0. The summed E-state index contributed by atoms with van der Waals surface area (Å²) >= 11 is 3.09. The lowest BCUT2D eigenvalue weighted by Crippen LogP contribution is -2.24. The van der Waals surface area contributed by atoms with Crippen LogP contribution in [0.5, 0.6) is 0 Å². The molecule has 0 aliphatic rings. The largest absolute Gasteiger partial charge is 0.320 e. The van der Waals surface area contributed by atoms with Gasteiger partial charge in [0.05, 0.1) is 4.92 Å². The van der Waals surface area contributed by atoms with Crippen molar-refractivity contribution < 1.29 is 9.72 Å². The van der Waals surface area contributed by atoms with Crippen LogP contribution in [0.4, 0.5) is 0 Å². The molecule has 0 heterocycles. The highest BCUT2D eigenvalue weighted by Crippen LogP contribution is 2.05. The number of nitro groups is 1. The average molecular weight is 275 g/mol. The molecule has 5 nitrogen and oxygen atoms in total. The third kappa shape index (κ3) is 4.55. The maximum absolute atomic E-state index is 11.2. The van der Waals surface area contributed by atoms with E-state index in [1.807, 2.05) is 0 Å². The third-order valence-corrected chi connectivity index (χ3v) is 1.86. The van der Waals surface area contributed by atoms with Gasteiger partial charge in [-0.3, -0.25) is 14.9 Å². The van der Waals surface area contributed by atoms with E-state index in [1.165, 1.54) is 6.08 Å². The van der Waals surface area contributed by atoms with E-state index in [-0.39, 0.29) is 23.7 Å². The molecule has 0 aliphatic carbocycles. The van der Waals surface area contributed by atoms with Crippen molar-refractivity contribution in [3.63, 3.8) is 0 Å². The number of amides is 1. The number of nitrogens with zero attached hydrogens (tertiary/aromatic N) is 1. The minimum Gasteiger partial charge on any atom is -0.320 e. The first-order valence-corrected chi connectivity index (χ1v) is 5.18. The van der Waals surface area contributed by atoms with E-state index in [9.17, 15) is 14.9 Å². The molecule has 0 radical (unpaired) electrons. The molecular formula is C9H11BrN2O3. The van der Waals surface area contributed by atoms with Crippen LogP contribution in [0.25, 0.3) is 0 Å². The van der Waals surface area contributed by atoms with Crippen molar-refractivity contribution in [2.75, 3.05) is 5.33 Å². The lowest BCUT2D eigenvalue weighted by Gasteiger charge is -2.04. The Hall–Kier alpha value is -1.43. The Kier molecular flexibility index (Phi) is 6.28. The molecule has 0 spiro atoms. The van der Waals surface area contributed by atoms with Crippen LogP contribution in [-0.2, 0) is 4.79 Å². The number of alkyl halides is 1. The van der Waals surface area contributed by atoms with Gasteiger partial charge in [-0.25, -0.2) is 0 Å². The van der Waals surface area contributed by atoms with Gasteiger partial charge in [-0.1, -0.05) is 29.1 Å². The number of hydrogen-bond acceptors (Lipinski definition) is 3. The first kappa shape index (κ1) is 13.6. The second-order valence-corrected chi connectivity index (χ2v) is 3.24. The number of carbonyl (C=O) groups is 1. The molecule has 6 heteroatoms. The summed E-state index contributed by atoms with van der Waals surface area (Å²) in [6, 6.07) is 0. The van der Waals surface area contributed by atoms with Crippen molar-refractivity contribution in [2.24, 2.45) is 0 Å². The Labute approximate surface area is 95.8 Å². The predicted molar refractivity (Wildman–Crippen MR) is 61.0 cm³/mol. The Morgan fingerprint density at radius 3 is 2.40 bits per heavy atom. The molecule has 82 valence electrons. The third-order valence-electron chi connectivity index (χ3n) is 1.47. The lowest BCUT2D eigenvalue weighted by atomic mass is 10.3. The molecule has 0 fully saturated rings. The van der Waals surface area contributed by atoms with Gasteiger partial charge in [-0.15, -0.1) is 0 Å². The maximum atomic E-state index is 11.2. The van der Waals surface area contributed by atoms with Crippen molar-refractivity contribution in [1.82, 2.24) is 5.32 Å². The van der Waals surface area contributed by atoms with Gasteiger partial charge in [0, 0.05) is 17.8 Å². The van der Waals surface area contributed by atoms with Crippen LogP contribution in [0.1, 0.15) is 6.42 Å². The quantitative estimate of drug-likeness (QED) is 0.347. The molecule has 0 rings (SSSR count). The van der Waals surface area contributed by atoms with Crippen molar-refractivity contribution in [3.05, 3.63) is 46.8 Å². The van der Waals surface area contributed by atoms with Crippen molar-refractivity contribution in [3.8, 4) is 0 Å². The summed E-state index contributed by atoms with van der Waals surface area (Å²) in [5.41, 5.74) is -0.214. The van der Waals surface area contributed by atoms with E-state index < -0.39 is 4.92 Å². The van der Waals surface area contributed by atoms with Gasteiger partial charge in [0.1, 0.15) is 5.70 Å². The molecule has 0 saturated carbocycles. The smallest absolute Gasteiger partial charge is 0.292 e. The van der Waals surface area contributed by atoms with E-state index in [1.54, 1.807) is 0 Å². The highest BCUT2D eigenvalue weighted by atomic mass is 79.9. The van der Waals surface area contributed by atoms with Crippen LogP contribution in [0.2, 0.25) is 0 Å². The molecular weight excluding hydrogens is 264 g/mol. The maximum Gasteiger partial charge on any atom is 0.292 e. The molecule has 0 aliphatic heterocycles. The Balaban J connectivity index is 4.87. The number of hydrogen-bond donors (Lipinski definition) is 1. The van der Waals surface area contributed by atoms with E-state index in [2.05, 4.69) is 34.4 Å². The van der Waals surface area contributed by atoms with Crippen LogP contribution in [0, 0.1) is 10.1 Å². The summed E-state index contributed by atoms with van der Waals surface area (Å²) in [6.07, 6.45) is 2.51. The van der Waals surface area contributed by atoms with E-state index in [0.717, 1.165) is 6.08 Å². The normalized spacial score (nSPS) is 11.3. The first-order chi connectivity index (χ1) is 7.06. The predicted octanol–water partition coefficient (Wildman–Crippen LogP) is 1.75. The summed E-state index contributed by atoms with van der Waals surface area (Å²) in [5.74, 6) is -0.317. The molecule has 0 unspecified atom stereocenters. The van der Waals surface area contributed by atoms with Gasteiger partial charge in [0.15, 0.2) is 0 Å². The number of carbonyl (C=O) groups excluding carboxylic acids is 1. The van der Waals surface area contributed by atoms with Crippen molar-refractivity contribution >= 4 is 21.8 Å². The van der Waals surface area contributed by atoms with E-state index >= 15 is 0 Å². The zero-order chi connectivity index (χ0) is 11.8. The second kappa shape index (κ2) is 6.94. The molecule has 1 amide bonds. The zero-order valence-corrected chi connectivity index (χ0v) is 9.62. The standard InChI is InChI=1S/C9H11BrN2O3/c1-3-7(8(4-2)12(14)15)11-9(13)5-6-10/h3-4H,1-2,5-6H2,(H,11,13)/b8-7-. The lowest BCUT2D eigenvalue weighted by molar-refractivity contribution is -0.420. The van der Waals surface area contributed by atoms with E-state index in [4.69, 9.17) is 0 Å². The highest BCUT2D eigenvalue weighted by Gasteiger charge is 2.14. The van der Waals surface area contributed by atoms with Gasteiger partial charge in [0.2, 0.25) is 5.91 Å². The van der Waals surface area contributed by atoms with Crippen LogP contribution in [0.15, 0.2) is 36.7 Å². The Morgan fingerprint density at radius 1 is 1.47 bits per heavy atom. The molecule has 1 N–H and O–H groups in total. The number of allylic oxidation sites excluding steroid dienone is 2. The van der Waals surface area contributed by atoms with Gasteiger partial charge in [-0.2, -0.15) is 0 Å². The topological polar surface area (TPSA) is 72.2 Å². The fourth-order valence-electron chi connectivity index (χ4n) is 0.801. The molecule has 0 aromatic rings. The monoisotopic (exact) mass is 274 g/mol. The van der Waals surface area contributed by atoms with Gasteiger partial charge in [-0.05, 0) is 6.08 Å². The molecule has 15 heavy (non-hydrogen) atoms. The summed E-state index contributed by atoms with van der Waals surface area (Å²) < 4.78 is 0. The molecule has 0 atom stereocenters. The minimum atomic E-state index is -0.627. The number of rotatable bonds is 6.